The minimum absolute atomic E-state index is 0.234. The molecule has 1 amide bonds. The molecule has 3 aromatic rings. The van der Waals surface area contributed by atoms with Gasteiger partial charge in [0.1, 0.15) is 9.71 Å². The zero-order valence-electron chi connectivity index (χ0n) is 11.6. The highest BCUT2D eigenvalue weighted by Gasteiger charge is 2.17. The van der Waals surface area contributed by atoms with Crippen LogP contribution >= 0.6 is 11.3 Å². The van der Waals surface area contributed by atoms with Crippen molar-refractivity contribution in [3.63, 3.8) is 0 Å². The molecular weight excluding hydrogens is 288 g/mol. The summed E-state index contributed by atoms with van der Waals surface area (Å²) >= 11 is 1.29. The molecule has 0 radical (unpaired) electrons. The molecule has 0 aromatic carbocycles. The van der Waals surface area contributed by atoms with Crippen molar-refractivity contribution >= 4 is 33.1 Å². The monoisotopic (exact) mass is 302 g/mol. The SMILES string of the molecule is Cc1cc(CNC(=O)c2sc3nc(C)ccc3c2N)on1. The second-order valence-corrected chi connectivity index (χ2v) is 5.77. The van der Waals surface area contributed by atoms with Crippen LogP contribution in [0.5, 0.6) is 0 Å². The number of carbonyl (C=O) groups excluding carboxylic acids is 1. The highest BCUT2D eigenvalue weighted by molar-refractivity contribution is 7.21. The Morgan fingerprint density at radius 2 is 2.19 bits per heavy atom. The van der Waals surface area contributed by atoms with E-state index in [4.69, 9.17) is 10.3 Å². The Labute approximate surface area is 125 Å². The van der Waals surface area contributed by atoms with Crippen LogP contribution in [0, 0.1) is 13.8 Å². The first kappa shape index (κ1) is 13.6. The topological polar surface area (TPSA) is 94.0 Å². The second kappa shape index (κ2) is 5.17. The van der Waals surface area contributed by atoms with E-state index in [1.54, 1.807) is 6.07 Å². The Balaban J connectivity index is 1.82. The molecule has 3 rings (SSSR count). The number of aromatic nitrogens is 2. The van der Waals surface area contributed by atoms with E-state index in [0.29, 0.717) is 16.3 Å². The lowest BCUT2D eigenvalue weighted by Gasteiger charge is -2.01. The molecule has 0 fully saturated rings. The lowest BCUT2D eigenvalue weighted by molar-refractivity contribution is 0.0952. The summed E-state index contributed by atoms with van der Waals surface area (Å²) in [5.41, 5.74) is 8.18. The third-order valence-electron chi connectivity index (χ3n) is 3.04. The van der Waals surface area contributed by atoms with Crippen molar-refractivity contribution in [2.75, 3.05) is 5.73 Å². The van der Waals surface area contributed by atoms with E-state index in [2.05, 4.69) is 15.5 Å². The number of fused-ring (bicyclic) bond motifs is 1. The number of rotatable bonds is 3. The van der Waals surface area contributed by atoms with Crippen LogP contribution in [0.4, 0.5) is 5.69 Å². The molecule has 0 unspecified atom stereocenters. The van der Waals surface area contributed by atoms with Crippen molar-refractivity contribution in [2.45, 2.75) is 20.4 Å². The summed E-state index contributed by atoms with van der Waals surface area (Å²) < 4.78 is 5.05. The number of anilines is 1. The third-order valence-corrected chi connectivity index (χ3v) is 4.15. The van der Waals surface area contributed by atoms with Gasteiger partial charge in [0.05, 0.1) is 17.9 Å². The van der Waals surface area contributed by atoms with Gasteiger partial charge < -0.3 is 15.6 Å². The molecule has 0 aliphatic heterocycles. The summed E-state index contributed by atoms with van der Waals surface area (Å²) in [5, 5.41) is 7.36. The number of nitrogens with zero attached hydrogens (tertiary/aromatic N) is 2. The molecule has 21 heavy (non-hydrogen) atoms. The number of thiophene rings is 1. The van der Waals surface area contributed by atoms with Gasteiger partial charge in [0.15, 0.2) is 5.76 Å². The molecule has 0 spiro atoms. The zero-order valence-corrected chi connectivity index (χ0v) is 12.5. The van der Waals surface area contributed by atoms with Crippen molar-refractivity contribution < 1.29 is 9.32 Å². The van der Waals surface area contributed by atoms with Crippen LogP contribution in [0.2, 0.25) is 0 Å². The standard InChI is InChI=1S/C14H14N4O2S/c1-7-3-4-10-11(15)12(21-14(10)17-7)13(19)16-6-9-5-8(2)18-20-9/h3-5H,6,15H2,1-2H3,(H,16,19). The van der Waals surface area contributed by atoms with Crippen molar-refractivity contribution in [3.05, 3.63) is 40.2 Å². The molecular formula is C14H14N4O2S. The number of hydrogen-bond acceptors (Lipinski definition) is 6. The lowest BCUT2D eigenvalue weighted by Crippen LogP contribution is -2.22. The lowest BCUT2D eigenvalue weighted by atomic mass is 10.2. The van der Waals surface area contributed by atoms with Gasteiger partial charge in [0.25, 0.3) is 5.91 Å². The minimum atomic E-state index is -0.234. The zero-order chi connectivity index (χ0) is 15.0. The number of nitrogens with one attached hydrogen (secondary N) is 1. The summed E-state index contributed by atoms with van der Waals surface area (Å²) in [5.74, 6) is 0.372. The number of nitrogens with two attached hydrogens (primary N) is 1. The molecule has 3 heterocycles. The maximum Gasteiger partial charge on any atom is 0.263 e. The summed E-state index contributed by atoms with van der Waals surface area (Å²) in [7, 11) is 0. The van der Waals surface area contributed by atoms with Crippen LogP contribution in [0.15, 0.2) is 22.7 Å². The summed E-state index contributed by atoms with van der Waals surface area (Å²) in [6.07, 6.45) is 0. The molecule has 3 N–H and O–H groups in total. The molecule has 0 atom stereocenters. The van der Waals surface area contributed by atoms with Gasteiger partial charge >= 0.3 is 0 Å². The quantitative estimate of drug-likeness (QED) is 0.775. The fraction of sp³-hybridized carbons (Fsp3) is 0.214. The van der Waals surface area contributed by atoms with Crippen LogP contribution in [-0.4, -0.2) is 16.0 Å². The molecule has 0 saturated carbocycles. The minimum Gasteiger partial charge on any atom is -0.397 e. The van der Waals surface area contributed by atoms with Gasteiger partial charge in [-0.2, -0.15) is 0 Å². The molecule has 6 nitrogen and oxygen atoms in total. The predicted octanol–water partition coefficient (Wildman–Crippen LogP) is 2.41. The van der Waals surface area contributed by atoms with E-state index in [9.17, 15) is 4.79 Å². The molecule has 0 aliphatic rings. The van der Waals surface area contributed by atoms with Gasteiger partial charge in [-0.25, -0.2) is 4.98 Å². The maximum atomic E-state index is 12.2. The number of amides is 1. The number of nitrogen functional groups attached to an aromatic ring is 1. The summed E-state index contributed by atoms with van der Waals surface area (Å²) in [4.78, 5) is 17.9. The molecule has 7 heteroatoms. The van der Waals surface area contributed by atoms with Gasteiger partial charge in [-0.05, 0) is 26.0 Å². The number of pyridine rings is 1. The largest absolute Gasteiger partial charge is 0.397 e. The first-order valence-corrected chi connectivity index (χ1v) is 7.22. The highest BCUT2D eigenvalue weighted by Crippen LogP contribution is 2.32. The van der Waals surface area contributed by atoms with Crippen molar-refractivity contribution in [3.8, 4) is 0 Å². The Hall–Kier alpha value is -2.41. The number of hydrogen-bond donors (Lipinski definition) is 2. The molecule has 3 aromatic heterocycles. The van der Waals surface area contributed by atoms with Gasteiger partial charge in [0.2, 0.25) is 0 Å². The first-order chi connectivity index (χ1) is 10.0. The summed E-state index contributed by atoms with van der Waals surface area (Å²) in [6, 6.07) is 5.55. The van der Waals surface area contributed by atoms with E-state index < -0.39 is 0 Å². The number of carbonyl (C=O) groups is 1. The van der Waals surface area contributed by atoms with E-state index in [1.807, 2.05) is 26.0 Å². The Kier molecular flexibility index (Phi) is 3.34. The molecule has 108 valence electrons. The van der Waals surface area contributed by atoms with Gasteiger partial charge in [-0.15, -0.1) is 11.3 Å². The average molecular weight is 302 g/mol. The Morgan fingerprint density at radius 3 is 2.90 bits per heavy atom. The third kappa shape index (κ3) is 2.59. The van der Waals surface area contributed by atoms with E-state index in [1.165, 1.54) is 11.3 Å². The summed E-state index contributed by atoms with van der Waals surface area (Å²) in [6.45, 7) is 4.01. The molecule has 0 saturated heterocycles. The Bertz CT molecular complexity index is 822. The molecule has 0 bridgehead atoms. The average Bonchev–Trinajstić information content (AvgIpc) is 3.00. The van der Waals surface area contributed by atoms with E-state index in [-0.39, 0.29) is 12.5 Å². The molecule has 0 aliphatic carbocycles. The van der Waals surface area contributed by atoms with Gasteiger partial charge in [-0.3, -0.25) is 4.79 Å². The number of aryl methyl sites for hydroxylation is 2. The smallest absolute Gasteiger partial charge is 0.263 e. The van der Waals surface area contributed by atoms with Crippen molar-refractivity contribution in [2.24, 2.45) is 0 Å². The normalized spacial score (nSPS) is 11.0. The van der Waals surface area contributed by atoms with Crippen molar-refractivity contribution in [1.82, 2.24) is 15.5 Å². The van der Waals surface area contributed by atoms with Crippen LogP contribution < -0.4 is 11.1 Å². The van der Waals surface area contributed by atoms with E-state index >= 15 is 0 Å². The van der Waals surface area contributed by atoms with Crippen LogP contribution in [0.1, 0.15) is 26.8 Å². The highest BCUT2D eigenvalue weighted by atomic mass is 32.1. The Morgan fingerprint density at radius 1 is 1.38 bits per heavy atom. The van der Waals surface area contributed by atoms with Gasteiger partial charge in [0, 0.05) is 17.1 Å². The van der Waals surface area contributed by atoms with Crippen LogP contribution in [0.25, 0.3) is 10.2 Å². The fourth-order valence-electron chi connectivity index (χ4n) is 2.01. The fourth-order valence-corrected chi connectivity index (χ4v) is 3.06. The van der Waals surface area contributed by atoms with Crippen molar-refractivity contribution in [1.29, 1.82) is 0 Å². The maximum absolute atomic E-state index is 12.2. The predicted molar refractivity (Wildman–Crippen MR) is 81.2 cm³/mol. The van der Waals surface area contributed by atoms with Crippen LogP contribution in [0.3, 0.4) is 0 Å². The van der Waals surface area contributed by atoms with Gasteiger partial charge in [-0.1, -0.05) is 5.16 Å². The first-order valence-electron chi connectivity index (χ1n) is 6.40. The second-order valence-electron chi connectivity index (χ2n) is 4.77. The van der Waals surface area contributed by atoms with E-state index in [0.717, 1.165) is 21.6 Å². The van der Waals surface area contributed by atoms with Crippen LogP contribution in [-0.2, 0) is 6.54 Å².